The topological polar surface area (TPSA) is 46.4 Å². The zero-order chi connectivity index (χ0) is 14.0. The van der Waals surface area contributed by atoms with E-state index in [-0.39, 0.29) is 5.56 Å². The first-order chi connectivity index (χ1) is 10.3. The third-order valence-corrected chi connectivity index (χ3v) is 5.88. The number of pyridine rings is 1. The normalized spacial score (nSPS) is 36.1. The van der Waals surface area contributed by atoms with Crippen molar-refractivity contribution in [2.75, 3.05) is 0 Å². The fraction of sp³-hybridized carbons (Fsp3) is 0.529. The monoisotopic (exact) mass is 281 g/mol. The maximum absolute atomic E-state index is 12.1. The van der Waals surface area contributed by atoms with Gasteiger partial charge in [-0.25, -0.2) is 4.98 Å². The average Bonchev–Trinajstić information content (AvgIpc) is 2.88. The van der Waals surface area contributed by atoms with Gasteiger partial charge in [0.1, 0.15) is 5.65 Å². The summed E-state index contributed by atoms with van der Waals surface area (Å²) in [6.45, 7) is 0.720. The fourth-order valence-electron chi connectivity index (χ4n) is 5.01. The van der Waals surface area contributed by atoms with Crippen molar-refractivity contribution in [1.82, 2.24) is 14.7 Å². The van der Waals surface area contributed by atoms with Crippen LogP contribution in [-0.4, -0.2) is 15.4 Å². The fourth-order valence-corrected chi connectivity index (χ4v) is 5.01. The summed E-state index contributed by atoms with van der Waals surface area (Å²) in [6.07, 6.45) is 6.13. The molecule has 2 heterocycles. The van der Waals surface area contributed by atoms with Crippen molar-refractivity contribution in [1.29, 1.82) is 0 Å². The standard InChI is InChI=1S/C17H19N3O/c21-14-8-12(19-13-3-1-2-6-20(13)14)9-18-17-15-10-4-5-11(7-10)16(15)17/h1-3,6,8,10-11,15-18H,4-5,7,9H2. The van der Waals surface area contributed by atoms with Crippen LogP contribution in [0.5, 0.6) is 0 Å². The quantitative estimate of drug-likeness (QED) is 0.933. The smallest absolute Gasteiger partial charge is 0.258 e. The molecule has 0 aliphatic heterocycles. The first-order valence-electron chi connectivity index (χ1n) is 8.02. The molecule has 5 rings (SSSR count). The number of nitrogens with one attached hydrogen (secondary N) is 1. The van der Waals surface area contributed by atoms with Gasteiger partial charge >= 0.3 is 0 Å². The van der Waals surface area contributed by atoms with E-state index in [1.54, 1.807) is 16.7 Å². The third-order valence-electron chi connectivity index (χ3n) is 5.88. The Hall–Kier alpha value is -1.68. The minimum atomic E-state index is 0.00783. The molecule has 3 fully saturated rings. The van der Waals surface area contributed by atoms with Crippen LogP contribution in [0, 0.1) is 23.7 Å². The molecule has 0 radical (unpaired) electrons. The van der Waals surface area contributed by atoms with Crippen LogP contribution in [0.3, 0.4) is 0 Å². The van der Waals surface area contributed by atoms with Crippen LogP contribution in [0.1, 0.15) is 25.0 Å². The van der Waals surface area contributed by atoms with Crippen molar-refractivity contribution in [3.05, 3.63) is 46.5 Å². The number of fused-ring (bicyclic) bond motifs is 6. The molecular weight excluding hydrogens is 262 g/mol. The highest BCUT2D eigenvalue weighted by Crippen LogP contribution is 2.65. The minimum Gasteiger partial charge on any atom is -0.308 e. The van der Waals surface area contributed by atoms with E-state index in [0.717, 1.165) is 41.6 Å². The Bertz CT molecular complexity index is 752. The summed E-state index contributed by atoms with van der Waals surface area (Å²) < 4.78 is 1.59. The molecule has 1 N–H and O–H groups in total. The summed E-state index contributed by atoms with van der Waals surface area (Å²) in [6, 6.07) is 8.01. The lowest BCUT2D eigenvalue weighted by Crippen LogP contribution is -2.25. The second-order valence-corrected chi connectivity index (χ2v) is 6.91. The second kappa shape index (κ2) is 4.17. The largest absolute Gasteiger partial charge is 0.308 e. The number of aromatic nitrogens is 2. The molecule has 2 aromatic rings. The SMILES string of the molecule is O=c1cc(CNC2C3C4CCC(C4)C23)nc2ccccn12. The molecule has 2 aromatic heterocycles. The van der Waals surface area contributed by atoms with Gasteiger partial charge in [0.2, 0.25) is 0 Å². The molecule has 21 heavy (non-hydrogen) atoms. The predicted octanol–water partition coefficient (Wildman–Crippen LogP) is 1.83. The number of rotatable bonds is 3. The Morgan fingerprint density at radius 1 is 1.24 bits per heavy atom. The molecule has 0 amide bonds. The van der Waals surface area contributed by atoms with Gasteiger partial charge in [0, 0.05) is 24.8 Å². The molecule has 3 saturated carbocycles. The van der Waals surface area contributed by atoms with Crippen LogP contribution in [0.2, 0.25) is 0 Å². The van der Waals surface area contributed by atoms with Gasteiger partial charge in [0.05, 0.1) is 5.69 Å². The van der Waals surface area contributed by atoms with E-state index in [1.807, 2.05) is 18.2 Å². The van der Waals surface area contributed by atoms with Crippen molar-refractivity contribution in [3.8, 4) is 0 Å². The number of hydrogen-bond acceptors (Lipinski definition) is 3. The molecule has 0 aromatic carbocycles. The van der Waals surface area contributed by atoms with E-state index >= 15 is 0 Å². The summed E-state index contributed by atoms with van der Waals surface area (Å²) in [5.74, 6) is 3.80. The van der Waals surface area contributed by atoms with Gasteiger partial charge in [-0.1, -0.05) is 6.07 Å². The zero-order valence-corrected chi connectivity index (χ0v) is 11.9. The molecule has 2 bridgehead atoms. The van der Waals surface area contributed by atoms with Crippen LogP contribution in [-0.2, 0) is 6.54 Å². The maximum Gasteiger partial charge on any atom is 0.258 e. The number of nitrogens with zero attached hydrogens (tertiary/aromatic N) is 2. The lowest BCUT2D eigenvalue weighted by molar-refractivity contribution is 0.456. The van der Waals surface area contributed by atoms with E-state index in [1.165, 1.54) is 19.3 Å². The van der Waals surface area contributed by atoms with E-state index in [4.69, 9.17) is 0 Å². The zero-order valence-electron chi connectivity index (χ0n) is 11.9. The Morgan fingerprint density at radius 3 is 2.86 bits per heavy atom. The molecule has 0 spiro atoms. The molecule has 0 saturated heterocycles. The predicted molar refractivity (Wildman–Crippen MR) is 79.9 cm³/mol. The van der Waals surface area contributed by atoms with Crippen LogP contribution in [0.15, 0.2) is 35.3 Å². The summed E-state index contributed by atoms with van der Waals surface area (Å²) >= 11 is 0. The molecule has 4 unspecified atom stereocenters. The van der Waals surface area contributed by atoms with E-state index in [2.05, 4.69) is 10.3 Å². The van der Waals surface area contributed by atoms with Gasteiger partial charge < -0.3 is 5.32 Å². The summed E-state index contributed by atoms with van der Waals surface area (Å²) in [7, 11) is 0. The van der Waals surface area contributed by atoms with Crippen molar-refractivity contribution in [2.24, 2.45) is 23.7 Å². The Kier molecular flexibility index (Phi) is 2.37. The third kappa shape index (κ3) is 1.72. The molecular formula is C17H19N3O. The van der Waals surface area contributed by atoms with Gasteiger partial charge in [-0.2, -0.15) is 0 Å². The van der Waals surface area contributed by atoms with Gasteiger partial charge in [-0.15, -0.1) is 0 Å². The van der Waals surface area contributed by atoms with E-state index in [9.17, 15) is 4.79 Å². The van der Waals surface area contributed by atoms with E-state index < -0.39 is 0 Å². The summed E-state index contributed by atoms with van der Waals surface area (Å²) in [5, 5.41) is 3.66. The average molecular weight is 281 g/mol. The second-order valence-electron chi connectivity index (χ2n) is 6.91. The van der Waals surface area contributed by atoms with Gasteiger partial charge in [0.25, 0.3) is 5.56 Å². The van der Waals surface area contributed by atoms with Gasteiger partial charge in [-0.3, -0.25) is 9.20 Å². The summed E-state index contributed by atoms with van der Waals surface area (Å²) in [4.78, 5) is 16.6. The Balaban J connectivity index is 1.35. The first-order valence-corrected chi connectivity index (χ1v) is 8.02. The van der Waals surface area contributed by atoms with Crippen LogP contribution >= 0.6 is 0 Å². The van der Waals surface area contributed by atoms with Gasteiger partial charge in [-0.05, 0) is 55.1 Å². The van der Waals surface area contributed by atoms with Gasteiger partial charge in [0.15, 0.2) is 0 Å². The molecule has 108 valence electrons. The van der Waals surface area contributed by atoms with E-state index in [0.29, 0.717) is 6.04 Å². The molecule has 4 heteroatoms. The van der Waals surface area contributed by atoms with Crippen molar-refractivity contribution in [2.45, 2.75) is 31.8 Å². The number of hydrogen-bond donors (Lipinski definition) is 1. The lowest BCUT2D eigenvalue weighted by atomic mass is 10.0. The summed E-state index contributed by atoms with van der Waals surface area (Å²) in [5.41, 5.74) is 1.61. The van der Waals surface area contributed by atoms with Crippen LogP contribution in [0.4, 0.5) is 0 Å². The molecule has 3 aliphatic rings. The maximum atomic E-state index is 12.1. The molecule has 4 nitrogen and oxygen atoms in total. The highest BCUT2D eigenvalue weighted by molar-refractivity contribution is 5.38. The Morgan fingerprint density at radius 2 is 2.05 bits per heavy atom. The Labute approximate surface area is 123 Å². The van der Waals surface area contributed by atoms with Crippen molar-refractivity contribution >= 4 is 5.65 Å². The minimum absolute atomic E-state index is 0.00783. The van der Waals surface area contributed by atoms with Crippen LogP contribution in [0.25, 0.3) is 5.65 Å². The lowest BCUT2D eigenvalue weighted by Gasteiger charge is -2.10. The first kappa shape index (κ1) is 11.9. The highest BCUT2D eigenvalue weighted by atomic mass is 16.1. The highest BCUT2D eigenvalue weighted by Gasteiger charge is 2.64. The van der Waals surface area contributed by atoms with Crippen molar-refractivity contribution < 1.29 is 0 Å². The molecule has 4 atom stereocenters. The van der Waals surface area contributed by atoms with Crippen molar-refractivity contribution in [3.63, 3.8) is 0 Å². The molecule has 3 aliphatic carbocycles. The van der Waals surface area contributed by atoms with Crippen LogP contribution < -0.4 is 10.9 Å².